The van der Waals surface area contributed by atoms with Crippen LogP contribution in [0.3, 0.4) is 0 Å². The van der Waals surface area contributed by atoms with Crippen LogP contribution in [-0.4, -0.2) is 11.9 Å². The summed E-state index contributed by atoms with van der Waals surface area (Å²) in [6, 6.07) is 0. The largest absolute Gasteiger partial charge is 0.315 e. The second-order valence-electron chi connectivity index (χ2n) is 1.52. The molecule has 0 spiro atoms. The minimum Gasteiger partial charge on any atom is -0.315 e. The normalized spacial score (nSPS) is 34.5. The van der Waals surface area contributed by atoms with Gasteiger partial charge >= 0.3 is 0 Å². The predicted octanol–water partition coefficient (Wildman–Crippen LogP) is 1.44. The molecule has 0 bridgehead atoms. The molecule has 0 unspecified atom stereocenters. The summed E-state index contributed by atoms with van der Waals surface area (Å²) in [6.07, 6.45) is 1.23. The van der Waals surface area contributed by atoms with Crippen LogP contribution in [0.2, 0.25) is 0 Å². The molecule has 1 atom stereocenters. The minimum absolute atomic E-state index is 0.741. The molecular weight excluding hydrogens is 96.1 g/mol. The number of rotatable bonds is 0. The average molecular weight is 104 g/mol. The van der Waals surface area contributed by atoms with Crippen LogP contribution in [0.5, 0.6) is 0 Å². The molecule has 2 heteroatoms. The van der Waals surface area contributed by atoms with Crippen molar-refractivity contribution in [3.63, 3.8) is 0 Å². The molecule has 0 radical (unpaired) electrons. The topological polar surface area (TPSA) is 9.23 Å². The third-order valence-corrected chi connectivity index (χ3v) is 1.71. The number of hydrogen-bond donors (Lipinski definition) is 0. The van der Waals surface area contributed by atoms with Crippen molar-refractivity contribution < 1.29 is 4.18 Å². The molecule has 0 aromatic rings. The van der Waals surface area contributed by atoms with Crippen LogP contribution in [0, 0.1) is 0 Å². The first-order chi connectivity index (χ1) is 2.89. The summed E-state index contributed by atoms with van der Waals surface area (Å²) in [7, 11) is 0. The van der Waals surface area contributed by atoms with E-state index in [-0.39, 0.29) is 0 Å². The first kappa shape index (κ1) is 4.47. The maximum absolute atomic E-state index is 4.97. The van der Waals surface area contributed by atoms with Crippen molar-refractivity contribution in [2.24, 2.45) is 0 Å². The Morgan fingerprint density at radius 1 is 1.83 bits per heavy atom. The zero-order valence-corrected chi connectivity index (χ0v) is 4.62. The van der Waals surface area contributed by atoms with E-state index in [9.17, 15) is 0 Å². The Morgan fingerprint density at radius 3 is 2.83 bits per heavy atom. The standard InChI is InChI=1S/C4H8OS/c1-4-2-3-5-6-4/h4H,2-3H2,1H3/t4-/m1/s1. The zero-order chi connectivity index (χ0) is 4.41. The van der Waals surface area contributed by atoms with Gasteiger partial charge in [0.1, 0.15) is 0 Å². The lowest BCUT2D eigenvalue weighted by Crippen LogP contribution is -1.84. The summed E-state index contributed by atoms with van der Waals surface area (Å²) >= 11 is 1.60. The lowest BCUT2D eigenvalue weighted by Gasteiger charge is -1.87. The van der Waals surface area contributed by atoms with E-state index in [0.717, 1.165) is 11.9 Å². The smallest absolute Gasteiger partial charge is 0.0625 e. The van der Waals surface area contributed by atoms with Crippen LogP contribution in [0.15, 0.2) is 0 Å². The van der Waals surface area contributed by atoms with E-state index in [2.05, 4.69) is 6.92 Å². The Labute approximate surface area is 42.3 Å². The first-order valence-electron chi connectivity index (χ1n) is 2.18. The quantitative estimate of drug-likeness (QED) is 0.430. The van der Waals surface area contributed by atoms with E-state index in [1.807, 2.05) is 0 Å². The van der Waals surface area contributed by atoms with Gasteiger partial charge in [-0.25, -0.2) is 0 Å². The molecule has 1 aliphatic heterocycles. The van der Waals surface area contributed by atoms with Crippen LogP contribution in [0.1, 0.15) is 13.3 Å². The molecule has 1 saturated heterocycles. The fraction of sp³-hybridized carbons (Fsp3) is 1.00. The van der Waals surface area contributed by atoms with Crippen LogP contribution in [0.25, 0.3) is 0 Å². The molecule has 0 aliphatic carbocycles. The Morgan fingerprint density at radius 2 is 2.67 bits per heavy atom. The van der Waals surface area contributed by atoms with Gasteiger partial charge in [0.2, 0.25) is 0 Å². The second-order valence-corrected chi connectivity index (χ2v) is 2.75. The minimum atomic E-state index is 0.741. The van der Waals surface area contributed by atoms with Crippen molar-refractivity contribution in [2.75, 3.05) is 6.61 Å². The van der Waals surface area contributed by atoms with Crippen molar-refractivity contribution >= 4 is 12.0 Å². The van der Waals surface area contributed by atoms with Gasteiger partial charge in [-0.05, 0) is 18.5 Å². The highest BCUT2D eigenvalue weighted by atomic mass is 32.2. The van der Waals surface area contributed by atoms with E-state index >= 15 is 0 Å². The molecule has 0 saturated carbocycles. The van der Waals surface area contributed by atoms with Crippen molar-refractivity contribution in [1.29, 1.82) is 0 Å². The third kappa shape index (κ3) is 0.884. The molecule has 1 aliphatic rings. The Bertz CT molecular complexity index is 40.8. The zero-order valence-electron chi connectivity index (χ0n) is 3.81. The highest BCUT2D eigenvalue weighted by molar-refractivity contribution is 7.95. The molecule has 0 amide bonds. The van der Waals surface area contributed by atoms with Crippen molar-refractivity contribution in [1.82, 2.24) is 0 Å². The highest BCUT2D eigenvalue weighted by Crippen LogP contribution is 2.22. The van der Waals surface area contributed by atoms with Gasteiger partial charge in [0.15, 0.2) is 0 Å². The predicted molar refractivity (Wildman–Crippen MR) is 27.6 cm³/mol. The fourth-order valence-corrected chi connectivity index (χ4v) is 1.04. The first-order valence-corrected chi connectivity index (χ1v) is 2.98. The van der Waals surface area contributed by atoms with Gasteiger partial charge in [0, 0.05) is 5.25 Å². The van der Waals surface area contributed by atoms with Gasteiger partial charge in [-0.1, -0.05) is 6.92 Å². The summed E-state index contributed by atoms with van der Waals surface area (Å²) in [6.45, 7) is 3.13. The lowest BCUT2D eigenvalue weighted by molar-refractivity contribution is 0.402. The molecule has 0 aromatic carbocycles. The van der Waals surface area contributed by atoms with Gasteiger partial charge in [-0.3, -0.25) is 0 Å². The fourth-order valence-electron chi connectivity index (χ4n) is 0.426. The van der Waals surface area contributed by atoms with Gasteiger partial charge in [-0.15, -0.1) is 0 Å². The van der Waals surface area contributed by atoms with Crippen molar-refractivity contribution in [3.8, 4) is 0 Å². The highest BCUT2D eigenvalue weighted by Gasteiger charge is 2.09. The maximum atomic E-state index is 4.97. The van der Waals surface area contributed by atoms with E-state index < -0.39 is 0 Å². The van der Waals surface area contributed by atoms with Crippen LogP contribution >= 0.6 is 12.0 Å². The van der Waals surface area contributed by atoms with Crippen LogP contribution in [0.4, 0.5) is 0 Å². The molecule has 1 nitrogen and oxygen atoms in total. The molecule has 1 heterocycles. The Hall–Kier alpha value is 0.310. The summed E-state index contributed by atoms with van der Waals surface area (Å²) in [5.41, 5.74) is 0. The molecule has 36 valence electrons. The van der Waals surface area contributed by atoms with Gasteiger partial charge in [-0.2, -0.15) is 0 Å². The Balaban J connectivity index is 2.18. The second kappa shape index (κ2) is 1.85. The van der Waals surface area contributed by atoms with Gasteiger partial charge in [0.25, 0.3) is 0 Å². The summed E-state index contributed by atoms with van der Waals surface area (Å²) in [5, 5.41) is 0.741. The monoisotopic (exact) mass is 104 g/mol. The molecule has 0 aromatic heterocycles. The van der Waals surface area contributed by atoms with E-state index in [1.54, 1.807) is 12.0 Å². The average Bonchev–Trinajstić information content (AvgIpc) is 1.86. The number of hydrogen-bond acceptors (Lipinski definition) is 2. The van der Waals surface area contributed by atoms with E-state index in [0.29, 0.717) is 0 Å². The molecule has 1 rings (SSSR count). The molecule has 1 fully saturated rings. The summed E-state index contributed by atoms with van der Waals surface area (Å²) in [4.78, 5) is 0. The molecular formula is C4H8OS. The van der Waals surface area contributed by atoms with Crippen molar-refractivity contribution in [2.45, 2.75) is 18.6 Å². The van der Waals surface area contributed by atoms with Crippen LogP contribution < -0.4 is 0 Å². The maximum Gasteiger partial charge on any atom is 0.0625 e. The third-order valence-electron chi connectivity index (χ3n) is 0.840. The van der Waals surface area contributed by atoms with Gasteiger partial charge in [0.05, 0.1) is 6.61 Å². The molecule has 0 N–H and O–H groups in total. The van der Waals surface area contributed by atoms with E-state index in [1.165, 1.54) is 6.42 Å². The molecule has 6 heavy (non-hydrogen) atoms. The van der Waals surface area contributed by atoms with Gasteiger partial charge < -0.3 is 4.18 Å². The van der Waals surface area contributed by atoms with Crippen LogP contribution in [-0.2, 0) is 4.18 Å². The lowest BCUT2D eigenvalue weighted by atomic mass is 10.4. The summed E-state index contributed by atoms with van der Waals surface area (Å²) in [5.74, 6) is 0. The van der Waals surface area contributed by atoms with E-state index in [4.69, 9.17) is 4.18 Å². The van der Waals surface area contributed by atoms with Crippen molar-refractivity contribution in [3.05, 3.63) is 0 Å². The summed E-state index contributed by atoms with van der Waals surface area (Å²) < 4.78 is 4.97. The SMILES string of the molecule is C[C@@H]1CCOS1. The Kier molecular flexibility index (Phi) is 1.37.